The Morgan fingerprint density at radius 1 is 0.737 bits per heavy atom. The molecule has 2 fully saturated rings. The van der Waals surface area contributed by atoms with Gasteiger partial charge in [0.15, 0.2) is 24.4 Å². The minimum Gasteiger partial charge on any atom is -0.463 e. The number of aliphatic hydroxyl groups is 3. The van der Waals surface area contributed by atoms with Gasteiger partial charge in [-0.1, -0.05) is 0 Å². The fourth-order valence-corrected chi connectivity index (χ4v) is 4.06. The third-order valence-electron chi connectivity index (χ3n) is 5.43. The molecule has 16 nitrogen and oxygen atoms in total. The highest BCUT2D eigenvalue weighted by Gasteiger charge is 2.63. The van der Waals surface area contributed by atoms with Crippen LogP contribution in [0.15, 0.2) is 0 Å². The van der Waals surface area contributed by atoms with E-state index >= 15 is 0 Å². The topological polar surface area (TPSA) is 220 Å². The minimum absolute atomic E-state index is 0.559. The standard InChI is InChI=1S/C22H32O16/c1-9(25)31-7-15-16(30)18(33-11(3)27)19(34-12(4)28)21(36-15)38-22(8-24)20(35-13(5)29)17(32-10(2)26)14(6-23)37-22/h14-21,23-24,30H,6-8H2,1-5H3/t14-,15+,16+,17+,18-,19+,20+,21+,22+/m0/s1. The van der Waals surface area contributed by atoms with E-state index in [0.29, 0.717) is 0 Å². The Balaban J connectivity index is 2.55. The highest BCUT2D eigenvalue weighted by Crippen LogP contribution is 2.40. The van der Waals surface area contributed by atoms with Crippen molar-refractivity contribution in [3.05, 3.63) is 0 Å². The smallest absolute Gasteiger partial charge is 0.303 e. The number of esters is 5. The van der Waals surface area contributed by atoms with Crippen molar-refractivity contribution in [3.8, 4) is 0 Å². The summed E-state index contributed by atoms with van der Waals surface area (Å²) in [7, 11) is 0. The molecule has 2 aliphatic heterocycles. The molecule has 0 aliphatic carbocycles. The first-order chi connectivity index (χ1) is 17.7. The summed E-state index contributed by atoms with van der Waals surface area (Å²) < 4.78 is 42.9. The van der Waals surface area contributed by atoms with Crippen LogP contribution < -0.4 is 0 Å². The van der Waals surface area contributed by atoms with Crippen molar-refractivity contribution in [1.29, 1.82) is 0 Å². The Hall–Kier alpha value is -2.89. The van der Waals surface area contributed by atoms with E-state index in [1.54, 1.807) is 0 Å². The Morgan fingerprint density at radius 3 is 1.74 bits per heavy atom. The number of hydrogen-bond donors (Lipinski definition) is 3. The monoisotopic (exact) mass is 552 g/mol. The fraction of sp³-hybridized carbons (Fsp3) is 0.773. The number of aliphatic hydroxyl groups excluding tert-OH is 3. The average molecular weight is 552 g/mol. The molecule has 0 aromatic heterocycles. The summed E-state index contributed by atoms with van der Waals surface area (Å²) in [5.74, 6) is -6.67. The molecule has 0 amide bonds. The molecule has 3 N–H and O–H groups in total. The number of rotatable bonds is 10. The van der Waals surface area contributed by atoms with Crippen molar-refractivity contribution in [1.82, 2.24) is 0 Å². The maximum Gasteiger partial charge on any atom is 0.303 e. The molecule has 2 rings (SSSR count). The largest absolute Gasteiger partial charge is 0.463 e. The summed E-state index contributed by atoms with van der Waals surface area (Å²) in [5, 5.41) is 30.9. The zero-order valence-electron chi connectivity index (χ0n) is 21.4. The summed E-state index contributed by atoms with van der Waals surface area (Å²) in [5.41, 5.74) is 0. The van der Waals surface area contributed by atoms with E-state index in [1.807, 2.05) is 0 Å². The Bertz CT molecular complexity index is 891. The van der Waals surface area contributed by atoms with Gasteiger partial charge in [0.25, 0.3) is 0 Å². The van der Waals surface area contributed by atoms with Crippen LogP contribution in [0.25, 0.3) is 0 Å². The minimum atomic E-state index is -2.39. The highest BCUT2D eigenvalue weighted by atomic mass is 16.8. The Morgan fingerprint density at radius 2 is 1.26 bits per heavy atom. The third-order valence-corrected chi connectivity index (χ3v) is 5.43. The zero-order valence-corrected chi connectivity index (χ0v) is 21.4. The maximum absolute atomic E-state index is 11.9. The molecule has 0 aromatic rings. The van der Waals surface area contributed by atoms with Crippen LogP contribution in [0.3, 0.4) is 0 Å². The first kappa shape index (κ1) is 31.3. The van der Waals surface area contributed by atoms with Crippen LogP contribution in [0.2, 0.25) is 0 Å². The van der Waals surface area contributed by atoms with Crippen molar-refractivity contribution in [2.75, 3.05) is 19.8 Å². The van der Waals surface area contributed by atoms with Crippen LogP contribution in [-0.4, -0.2) is 120 Å². The Labute approximate surface area is 216 Å². The second-order valence-electron chi connectivity index (χ2n) is 8.51. The van der Waals surface area contributed by atoms with Crippen molar-refractivity contribution >= 4 is 29.8 Å². The molecular weight excluding hydrogens is 520 g/mol. The van der Waals surface area contributed by atoms with Crippen LogP contribution in [0.4, 0.5) is 0 Å². The van der Waals surface area contributed by atoms with Crippen molar-refractivity contribution < 1.29 is 77.2 Å². The maximum atomic E-state index is 11.9. The summed E-state index contributed by atoms with van der Waals surface area (Å²) in [6.45, 7) is 2.76. The van der Waals surface area contributed by atoms with Crippen LogP contribution in [0.1, 0.15) is 34.6 Å². The lowest BCUT2D eigenvalue weighted by molar-refractivity contribution is -0.384. The van der Waals surface area contributed by atoms with Gasteiger partial charge in [-0.25, -0.2) is 0 Å². The first-order valence-electron chi connectivity index (χ1n) is 11.5. The van der Waals surface area contributed by atoms with Gasteiger partial charge in [0.1, 0.15) is 31.5 Å². The van der Waals surface area contributed by atoms with Gasteiger partial charge in [-0.2, -0.15) is 0 Å². The molecule has 0 bridgehead atoms. The molecule has 9 atom stereocenters. The molecule has 38 heavy (non-hydrogen) atoms. The van der Waals surface area contributed by atoms with Gasteiger partial charge < -0.3 is 53.2 Å². The van der Waals surface area contributed by atoms with E-state index in [2.05, 4.69) is 0 Å². The van der Waals surface area contributed by atoms with E-state index in [9.17, 15) is 39.3 Å². The lowest BCUT2D eigenvalue weighted by atomic mass is 9.98. The molecule has 2 aliphatic rings. The second kappa shape index (κ2) is 13.3. The van der Waals surface area contributed by atoms with Gasteiger partial charge in [0.05, 0.1) is 6.61 Å². The molecule has 2 saturated heterocycles. The van der Waals surface area contributed by atoms with Gasteiger partial charge in [-0.15, -0.1) is 0 Å². The van der Waals surface area contributed by atoms with Gasteiger partial charge in [-0.3, -0.25) is 24.0 Å². The summed E-state index contributed by atoms with van der Waals surface area (Å²) in [4.78, 5) is 58.6. The van der Waals surface area contributed by atoms with Gasteiger partial charge in [0.2, 0.25) is 12.1 Å². The molecule has 216 valence electrons. The number of hydrogen-bond acceptors (Lipinski definition) is 16. The predicted octanol–water partition coefficient (Wildman–Crippen LogP) is -2.54. The zero-order chi connectivity index (χ0) is 28.8. The van der Waals surface area contributed by atoms with Crippen molar-refractivity contribution in [2.45, 2.75) is 89.4 Å². The molecule has 0 radical (unpaired) electrons. The normalized spacial score (nSPS) is 34.6. The first-order valence-corrected chi connectivity index (χ1v) is 11.5. The van der Waals surface area contributed by atoms with Crippen LogP contribution in [0.5, 0.6) is 0 Å². The van der Waals surface area contributed by atoms with E-state index in [-0.39, 0.29) is 0 Å². The summed E-state index contributed by atoms with van der Waals surface area (Å²) in [6.07, 6.45) is -12.8. The molecular formula is C22H32O16. The van der Waals surface area contributed by atoms with Gasteiger partial charge in [-0.05, 0) is 0 Å². The van der Waals surface area contributed by atoms with Crippen LogP contribution in [-0.2, 0) is 61.9 Å². The SMILES string of the molecule is CC(=O)OC[C@H]1O[C@H](O[C@@]2(CO)O[C@@H](CO)[C@@H](OC(C)=O)[C@H]2OC(C)=O)[C@H](OC(C)=O)[C@@H](OC(C)=O)[C@@H]1O. The molecule has 2 heterocycles. The van der Waals surface area contributed by atoms with Crippen molar-refractivity contribution in [3.63, 3.8) is 0 Å². The summed E-state index contributed by atoms with van der Waals surface area (Å²) in [6, 6.07) is 0. The second-order valence-corrected chi connectivity index (χ2v) is 8.51. The summed E-state index contributed by atoms with van der Waals surface area (Å²) >= 11 is 0. The van der Waals surface area contributed by atoms with Crippen LogP contribution >= 0.6 is 0 Å². The number of carbonyl (C=O) groups excluding carboxylic acids is 5. The van der Waals surface area contributed by atoms with Crippen molar-refractivity contribution in [2.24, 2.45) is 0 Å². The average Bonchev–Trinajstić information content (AvgIpc) is 3.08. The van der Waals surface area contributed by atoms with Gasteiger partial charge in [0, 0.05) is 34.6 Å². The van der Waals surface area contributed by atoms with E-state index < -0.39 is 104 Å². The molecule has 0 spiro atoms. The van der Waals surface area contributed by atoms with E-state index in [1.165, 1.54) is 0 Å². The van der Waals surface area contributed by atoms with Gasteiger partial charge >= 0.3 is 29.8 Å². The molecule has 0 unspecified atom stereocenters. The Kier molecular flexibility index (Phi) is 10.9. The van der Waals surface area contributed by atoms with E-state index in [0.717, 1.165) is 34.6 Å². The third kappa shape index (κ3) is 7.58. The predicted molar refractivity (Wildman–Crippen MR) is 116 cm³/mol. The van der Waals surface area contributed by atoms with E-state index in [4.69, 9.17) is 37.9 Å². The molecule has 0 aromatic carbocycles. The van der Waals surface area contributed by atoms with Crippen LogP contribution in [0, 0.1) is 0 Å². The number of carbonyl (C=O) groups is 5. The lowest BCUT2D eigenvalue weighted by Crippen LogP contribution is -2.65. The number of ether oxygens (including phenoxy) is 8. The fourth-order valence-electron chi connectivity index (χ4n) is 4.06. The quantitative estimate of drug-likeness (QED) is 0.188. The highest BCUT2D eigenvalue weighted by molar-refractivity contribution is 5.68. The lowest BCUT2D eigenvalue weighted by Gasteiger charge is -2.45. The molecule has 0 saturated carbocycles. The molecule has 16 heteroatoms.